The van der Waals surface area contributed by atoms with E-state index in [2.05, 4.69) is 15.6 Å². The number of ether oxygens (including phenoxy) is 1. The van der Waals surface area contributed by atoms with Crippen LogP contribution in [0.25, 0.3) is 15.8 Å². The maximum absolute atomic E-state index is 12.5. The molecule has 7 nitrogen and oxygen atoms in total. The maximum atomic E-state index is 12.5. The molecule has 0 aliphatic rings. The number of carbonyl (C=O) groups excluding carboxylic acids is 2. The highest BCUT2D eigenvalue weighted by atomic mass is 32.1. The van der Waals surface area contributed by atoms with Gasteiger partial charge in [-0.2, -0.15) is 0 Å². The molecule has 140 valence electrons. The molecule has 0 atom stereocenters. The van der Waals surface area contributed by atoms with Crippen molar-refractivity contribution in [1.29, 1.82) is 0 Å². The lowest BCUT2D eigenvalue weighted by atomic mass is 10.2. The molecule has 0 radical (unpaired) electrons. The number of aromatic nitrogens is 3. The van der Waals surface area contributed by atoms with Gasteiger partial charge in [-0.15, -0.1) is 16.4 Å². The van der Waals surface area contributed by atoms with E-state index in [1.165, 1.54) is 11.3 Å². The third-order valence-electron chi connectivity index (χ3n) is 4.00. The molecule has 2 aromatic carbocycles. The predicted octanol–water partition coefficient (Wildman–Crippen LogP) is 3.91. The van der Waals surface area contributed by atoms with E-state index < -0.39 is 0 Å². The van der Waals surface area contributed by atoms with Crippen LogP contribution in [-0.2, 0) is 4.74 Å². The molecule has 28 heavy (non-hydrogen) atoms. The van der Waals surface area contributed by atoms with Crippen LogP contribution in [-0.4, -0.2) is 33.5 Å². The molecule has 0 aliphatic heterocycles. The lowest BCUT2D eigenvalue weighted by Gasteiger charge is -2.02. The summed E-state index contributed by atoms with van der Waals surface area (Å²) in [7, 11) is 0. The van der Waals surface area contributed by atoms with Crippen LogP contribution in [0.4, 0.5) is 5.69 Å². The van der Waals surface area contributed by atoms with Gasteiger partial charge in [-0.3, -0.25) is 4.79 Å². The minimum absolute atomic E-state index is 0.210. The Morgan fingerprint density at radius 1 is 1.14 bits per heavy atom. The highest BCUT2D eigenvalue weighted by molar-refractivity contribution is 7.20. The molecule has 0 unspecified atom stereocenters. The number of nitrogens with one attached hydrogen (secondary N) is 1. The predicted molar refractivity (Wildman–Crippen MR) is 107 cm³/mol. The molecule has 1 amide bonds. The molecule has 0 fully saturated rings. The third kappa shape index (κ3) is 3.63. The number of amides is 1. The summed E-state index contributed by atoms with van der Waals surface area (Å²) < 4.78 is 7.52. The van der Waals surface area contributed by atoms with Gasteiger partial charge in [0.05, 0.1) is 18.5 Å². The second kappa shape index (κ2) is 7.61. The Balaban J connectivity index is 1.52. The van der Waals surface area contributed by atoms with Crippen molar-refractivity contribution in [2.24, 2.45) is 0 Å². The molecular formula is C20H16N4O3S. The van der Waals surface area contributed by atoms with E-state index in [1.54, 1.807) is 29.9 Å². The lowest BCUT2D eigenvalue weighted by Crippen LogP contribution is -2.12. The van der Waals surface area contributed by atoms with Crippen LogP contribution in [0.5, 0.6) is 0 Å². The number of carbonyl (C=O) groups is 2. The number of hydrogen-bond donors (Lipinski definition) is 1. The van der Waals surface area contributed by atoms with Crippen molar-refractivity contribution in [3.63, 3.8) is 0 Å². The van der Waals surface area contributed by atoms with Crippen LogP contribution < -0.4 is 5.32 Å². The second-order valence-electron chi connectivity index (χ2n) is 5.92. The zero-order valence-electron chi connectivity index (χ0n) is 15.0. The number of thiophene rings is 1. The van der Waals surface area contributed by atoms with E-state index in [-0.39, 0.29) is 17.6 Å². The molecule has 4 rings (SSSR count). The Morgan fingerprint density at radius 2 is 1.96 bits per heavy atom. The second-order valence-corrected chi connectivity index (χ2v) is 7.01. The largest absolute Gasteiger partial charge is 0.462 e. The van der Waals surface area contributed by atoms with E-state index in [9.17, 15) is 9.59 Å². The van der Waals surface area contributed by atoms with Crippen molar-refractivity contribution < 1.29 is 14.3 Å². The molecule has 2 aromatic heterocycles. The molecule has 0 saturated carbocycles. The van der Waals surface area contributed by atoms with Gasteiger partial charge in [-0.1, -0.05) is 23.4 Å². The summed E-state index contributed by atoms with van der Waals surface area (Å²) in [6, 6.07) is 16.7. The first-order valence-electron chi connectivity index (χ1n) is 8.64. The normalized spacial score (nSPS) is 10.8. The summed E-state index contributed by atoms with van der Waals surface area (Å²) in [6.07, 6.45) is 1.58. The fourth-order valence-electron chi connectivity index (χ4n) is 2.69. The van der Waals surface area contributed by atoms with Gasteiger partial charge in [-0.25, -0.2) is 9.48 Å². The summed E-state index contributed by atoms with van der Waals surface area (Å²) in [5.74, 6) is -0.700. The van der Waals surface area contributed by atoms with Crippen LogP contribution in [0.15, 0.2) is 60.8 Å². The molecule has 0 saturated heterocycles. The van der Waals surface area contributed by atoms with Gasteiger partial charge >= 0.3 is 5.97 Å². The van der Waals surface area contributed by atoms with Gasteiger partial charge in [0, 0.05) is 10.4 Å². The first kappa shape index (κ1) is 17.9. The number of esters is 1. The van der Waals surface area contributed by atoms with Gasteiger partial charge in [0.2, 0.25) is 0 Å². The quantitative estimate of drug-likeness (QED) is 0.521. The van der Waals surface area contributed by atoms with Crippen LogP contribution >= 0.6 is 11.3 Å². The topological polar surface area (TPSA) is 86.1 Å². The third-order valence-corrected chi connectivity index (χ3v) is 5.09. The molecule has 0 spiro atoms. The number of hydrogen-bond acceptors (Lipinski definition) is 6. The first-order valence-corrected chi connectivity index (χ1v) is 9.45. The minimum Gasteiger partial charge on any atom is -0.462 e. The Kier molecular flexibility index (Phi) is 4.86. The van der Waals surface area contributed by atoms with Crippen LogP contribution in [0, 0.1) is 0 Å². The SMILES string of the molecule is CCOC(=O)c1cc2cc(NC(=O)c3cn(-c4ccccc4)nn3)ccc2s1. The number of para-hydroxylation sites is 1. The average Bonchev–Trinajstić information content (AvgIpc) is 3.36. The van der Waals surface area contributed by atoms with E-state index in [4.69, 9.17) is 4.74 Å². The minimum atomic E-state index is -0.359. The number of nitrogens with zero attached hydrogens (tertiary/aromatic N) is 3. The van der Waals surface area contributed by atoms with E-state index in [0.717, 1.165) is 15.8 Å². The van der Waals surface area contributed by atoms with Crippen molar-refractivity contribution in [2.75, 3.05) is 11.9 Å². The molecule has 1 N–H and O–H groups in total. The smallest absolute Gasteiger partial charge is 0.348 e. The Bertz CT molecular complexity index is 1150. The highest BCUT2D eigenvalue weighted by Crippen LogP contribution is 2.28. The molecule has 2 heterocycles. The van der Waals surface area contributed by atoms with Crippen molar-refractivity contribution in [3.05, 3.63) is 71.4 Å². The Labute approximate surface area is 164 Å². The van der Waals surface area contributed by atoms with Crippen LogP contribution in [0.1, 0.15) is 27.1 Å². The van der Waals surface area contributed by atoms with Crippen LogP contribution in [0.3, 0.4) is 0 Å². The highest BCUT2D eigenvalue weighted by Gasteiger charge is 2.14. The van der Waals surface area contributed by atoms with E-state index in [1.807, 2.05) is 42.5 Å². The number of rotatable bonds is 5. The Morgan fingerprint density at radius 3 is 2.75 bits per heavy atom. The molecule has 0 bridgehead atoms. The molecule has 8 heteroatoms. The summed E-state index contributed by atoms with van der Waals surface area (Å²) in [6.45, 7) is 2.10. The van der Waals surface area contributed by atoms with Gasteiger partial charge in [-0.05, 0) is 48.7 Å². The fraction of sp³-hybridized carbons (Fsp3) is 0.100. The summed E-state index contributed by atoms with van der Waals surface area (Å²) in [4.78, 5) is 24.9. The zero-order chi connectivity index (χ0) is 19.5. The number of fused-ring (bicyclic) bond motifs is 1. The number of benzene rings is 2. The number of anilines is 1. The van der Waals surface area contributed by atoms with Crippen molar-refractivity contribution in [2.45, 2.75) is 6.92 Å². The zero-order valence-corrected chi connectivity index (χ0v) is 15.8. The van der Waals surface area contributed by atoms with E-state index in [0.29, 0.717) is 17.2 Å². The van der Waals surface area contributed by atoms with Gasteiger partial charge in [0.15, 0.2) is 5.69 Å². The Hall–Kier alpha value is -3.52. The molecular weight excluding hydrogens is 376 g/mol. The fourth-order valence-corrected chi connectivity index (χ4v) is 3.63. The van der Waals surface area contributed by atoms with Crippen molar-refractivity contribution >= 4 is 39.0 Å². The standard InChI is InChI=1S/C20H16N4O3S/c1-2-27-20(26)18-11-13-10-14(8-9-17(13)28-18)21-19(25)16-12-24(23-22-16)15-6-4-3-5-7-15/h3-12H,2H2,1H3,(H,21,25). The summed E-state index contributed by atoms with van der Waals surface area (Å²) >= 11 is 1.36. The van der Waals surface area contributed by atoms with Crippen LogP contribution in [0.2, 0.25) is 0 Å². The average molecular weight is 392 g/mol. The molecule has 4 aromatic rings. The lowest BCUT2D eigenvalue weighted by molar-refractivity contribution is 0.0532. The van der Waals surface area contributed by atoms with Crippen molar-refractivity contribution in [1.82, 2.24) is 15.0 Å². The first-order chi connectivity index (χ1) is 13.6. The van der Waals surface area contributed by atoms with Gasteiger partial charge in [0.25, 0.3) is 5.91 Å². The summed E-state index contributed by atoms with van der Waals surface area (Å²) in [5, 5.41) is 11.6. The molecule has 0 aliphatic carbocycles. The maximum Gasteiger partial charge on any atom is 0.348 e. The monoisotopic (exact) mass is 392 g/mol. The summed E-state index contributed by atoms with van der Waals surface area (Å²) in [5.41, 5.74) is 1.64. The van der Waals surface area contributed by atoms with E-state index >= 15 is 0 Å². The van der Waals surface area contributed by atoms with Crippen molar-refractivity contribution in [3.8, 4) is 5.69 Å². The van der Waals surface area contributed by atoms with Gasteiger partial charge < -0.3 is 10.1 Å². The van der Waals surface area contributed by atoms with Gasteiger partial charge in [0.1, 0.15) is 4.88 Å².